The Bertz CT molecular complexity index is 682. The van der Waals surface area contributed by atoms with Crippen LogP contribution in [0.3, 0.4) is 0 Å². The lowest BCUT2D eigenvalue weighted by Gasteiger charge is -2.09. The highest BCUT2D eigenvalue weighted by atomic mass is 35.5. The molecule has 2 aromatic rings. The third-order valence-electron chi connectivity index (χ3n) is 2.72. The van der Waals surface area contributed by atoms with Crippen LogP contribution in [-0.4, -0.2) is 11.8 Å². The molecule has 21 heavy (non-hydrogen) atoms. The van der Waals surface area contributed by atoms with Crippen molar-refractivity contribution >= 4 is 46.4 Å². The molecule has 6 heteroatoms. The van der Waals surface area contributed by atoms with Crippen LogP contribution in [0.2, 0.25) is 10.0 Å². The van der Waals surface area contributed by atoms with Crippen LogP contribution in [0.5, 0.6) is 0 Å². The van der Waals surface area contributed by atoms with Gasteiger partial charge in [0, 0.05) is 21.4 Å². The van der Waals surface area contributed by atoms with Crippen molar-refractivity contribution < 1.29 is 9.59 Å². The summed E-state index contributed by atoms with van der Waals surface area (Å²) in [6.07, 6.45) is 0. The molecule has 0 heterocycles. The number of hydrogen-bond donors (Lipinski definition) is 2. The van der Waals surface area contributed by atoms with E-state index >= 15 is 0 Å². The van der Waals surface area contributed by atoms with Crippen LogP contribution >= 0.6 is 23.2 Å². The average Bonchev–Trinajstić information content (AvgIpc) is 2.40. The number of aryl methyl sites for hydroxylation is 1. The minimum Gasteiger partial charge on any atom is -0.318 e. The Morgan fingerprint density at radius 3 is 2.10 bits per heavy atom. The quantitative estimate of drug-likeness (QED) is 0.824. The van der Waals surface area contributed by atoms with E-state index in [2.05, 4.69) is 10.6 Å². The van der Waals surface area contributed by atoms with Crippen LogP contribution in [0, 0.1) is 6.92 Å². The largest absolute Gasteiger partial charge is 0.318 e. The Hall–Kier alpha value is -2.04. The number of benzene rings is 2. The van der Waals surface area contributed by atoms with Crippen molar-refractivity contribution in [2.24, 2.45) is 0 Å². The molecular formula is C15H12Cl2N2O2. The molecule has 0 unspecified atom stereocenters. The molecule has 0 aliphatic rings. The molecule has 0 aromatic heterocycles. The average molecular weight is 323 g/mol. The number of anilines is 2. The highest BCUT2D eigenvalue weighted by molar-refractivity contribution is 6.44. The number of para-hydroxylation sites is 1. The van der Waals surface area contributed by atoms with Crippen molar-refractivity contribution in [2.75, 3.05) is 10.6 Å². The van der Waals surface area contributed by atoms with Crippen LogP contribution in [0.25, 0.3) is 0 Å². The smallest absolute Gasteiger partial charge is 0.314 e. The second-order valence-corrected chi connectivity index (χ2v) is 5.25. The van der Waals surface area contributed by atoms with Gasteiger partial charge >= 0.3 is 11.8 Å². The van der Waals surface area contributed by atoms with Gasteiger partial charge in [-0.3, -0.25) is 9.59 Å². The van der Waals surface area contributed by atoms with Gasteiger partial charge in [0.05, 0.1) is 0 Å². The summed E-state index contributed by atoms with van der Waals surface area (Å²) in [6, 6.07) is 11.7. The van der Waals surface area contributed by atoms with E-state index in [0.29, 0.717) is 21.4 Å². The van der Waals surface area contributed by atoms with Crippen LogP contribution in [-0.2, 0) is 9.59 Å². The van der Waals surface area contributed by atoms with Crippen molar-refractivity contribution in [1.82, 2.24) is 0 Å². The van der Waals surface area contributed by atoms with Crippen molar-refractivity contribution in [3.05, 3.63) is 58.1 Å². The second kappa shape index (κ2) is 6.61. The Morgan fingerprint density at radius 2 is 1.48 bits per heavy atom. The summed E-state index contributed by atoms with van der Waals surface area (Å²) >= 11 is 11.7. The normalized spacial score (nSPS) is 10.0. The van der Waals surface area contributed by atoms with Gasteiger partial charge in [0.1, 0.15) is 0 Å². The topological polar surface area (TPSA) is 58.2 Å². The number of rotatable bonds is 2. The van der Waals surface area contributed by atoms with Crippen molar-refractivity contribution in [3.8, 4) is 0 Å². The molecule has 2 rings (SSSR count). The summed E-state index contributed by atoms with van der Waals surface area (Å²) < 4.78 is 0. The summed E-state index contributed by atoms with van der Waals surface area (Å²) in [4.78, 5) is 23.7. The van der Waals surface area contributed by atoms with Gasteiger partial charge < -0.3 is 10.6 Å². The summed E-state index contributed by atoms with van der Waals surface area (Å²) in [5.74, 6) is -1.56. The molecule has 0 spiro atoms. The molecule has 2 amide bonds. The Kier molecular flexibility index (Phi) is 4.83. The lowest BCUT2D eigenvalue weighted by molar-refractivity contribution is -0.133. The van der Waals surface area contributed by atoms with E-state index in [4.69, 9.17) is 23.2 Å². The van der Waals surface area contributed by atoms with Crippen molar-refractivity contribution in [3.63, 3.8) is 0 Å². The lowest BCUT2D eigenvalue weighted by atomic mass is 10.2. The van der Waals surface area contributed by atoms with Crippen LogP contribution in [0.15, 0.2) is 42.5 Å². The molecule has 0 aliphatic carbocycles. The maximum atomic E-state index is 11.8. The van der Waals surface area contributed by atoms with E-state index in [1.165, 1.54) is 18.2 Å². The summed E-state index contributed by atoms with van der Waals surface area (Å²) in [7, 11) is 0. The number of carbonyl (C=O) groups is 2. The van der Waals surface area contributed by atoms with E-state index in [0.717, 1.165) is 5.56 Å². The third kappa shape index (κ3) is 4.21. The standard InChI is InChI=1S/C15H12Cl2N2O2/c1-9-4-2-3-5-13(9)19-15(21)14(20)18-12-7-10(16)6-11(17)8-12/h2-8H,1H3,(H,18,20)(H,19,21). The molecule has 0 saturated heterocycles. The first-order chi connectivity index (χ1) is 9.95. The number of amides is 2. The third-order valence-corrected chi connectivity index (χ3v) is 3.16. The first-order valence-corrected chi connectivity index (χ1v) is 6.85. The van der Waals surface area contributed by atoms with Gasteiger partial charge in [0.25, 0.3) is 0 Å². The van der Waals surface area contributed by atoms with E-state index < -0.39 is 11.8 Å². The molecule has 0 aliphatic heterocycles. The Morgan fingerprint density at radius 1 is 0.905 bits per heavy atom. The van der Waals surface area contributed by atoms with E-state index in [1.54, 1.807) is 12.1 Å². The summed E-state index contributed by atoms with van der Waals surface area (Å²) in [5.41, 5.74) is 1.81. The highest BCUT2D eigenvalue weighted by Crippen LogP contribution is 2.22. The molecule has 108 valence electrons. The Labute approximate surface area is 132 Å². The molecule has 0 fully saturated rings. The Balaban J connectivity index is 2.06. The molecule has 0 bridgehead atoms. The highest BCUT2D eigenvalue weighted by Gasteiger charge is 2.15. The van der Waals surface area contributed by atoms with Gasteiger partial charge in [-0.25, -0.2) is 0 Å². The minimum absolute atomic E-state index is 0.359. The van der Waals surface area contributed by atoms with E-state index in [9.17, 15) is 9.59 Å². The fourth-order valence-electron chi connectivity index (χ4n) is 1.71. The lowest BCUT2D eigenvalue weighted by Crippen LogP contribution is -2.29. The van der Waals surface area contributed by atoms with Gasteiger partial charge in [-0.2, -0.15) is 0 Å². The fourth-order valence-corrected chi connectivity index (χ4v) is 2.23. The molecule has 4 nitrogen and oxygen atoms in total. The molecular weight excluding hydrogens is 311 g/mol. The zero-order valence-electron chi connectivity index (χ0n) is 11.1. The van der Waals surface area contributed by atoms with Gasteiger partial charge in [-0.1, -0.05) is 41.4 Å². The van der Waals surface area contributed by atoms with Crippen LogP contribution in [0.1, 0.15) is 5.56 Å². The summed E-state index contributed by atoms with van der Waals surface area (Å²) in [6.45, 7) is 1.84. The van der Waals surface area contributed by atoms with Crippen LogP contribution in [0.4, 0.5) is 11.4 Å². The first-order valence-electron chi connectivity index (χ1n) is 6.10. The van der Waals surface area contributed by atoms with Gasteiger partial charge in [-0.05, 0) is 36.8 Å². The molecule has 0 saturated carbocycles. The SMILES string of the molecule is Cc1ccccc1NC(=O)C(=O)Nc1cc(Cl)cc(Cl)c1. The van der Waals surface area contributed by atoms with Crippen molar-refractivity contribution in [2.45, 2.75) is 6.92 Å². The molecule has 0 radical (unpaired) electrons. The summed E-state index contributed by atoms with van der Waals surface area (Å²) in [5, 5.41) is 5.73. The predicted octanol–water partition coefficient (Wildman–Crippen LogP) is 3.88. The number of hydrogen-bond acceptors (Lipinski definition) is 2. The second-order valence-electron chi connectivity index (χ2n) is 4.38. The van der Waals surface area contributed by atoms with E-state index in [-0.39, 0.29) is 0 Å². The zero-order chi connectivity index (χ0) is 15.4. The maximum absolute atomic E-state index is 11.8. The van der Waals surface area contributed by atoms with E-state index in [1.807, 2.05) is 19.1 Å². The zero-order valence-corrected chi connectivity index (χ0v) is 12.6. The van der Waals surface area contributed by atoms with Crippen molar-refractivity contribution in [1.29, 1.82) is 0 Å². The maximum Gasteiger partial charge on any atom is 0.314 e. The minimum atomic E-state index is -0.795. The number of halogens is 2. The van der Waals surface area contributed by atoms with Gasteiger partial charge in [-0.15, -0.1) is 0 Å². The number of carbonyl (C=O) groups excluding carboxylic acids is 2. The molecule has 2 N–H and O–H groups in total. The predicted molar refractivity (Wildman–Crippen MR) is 84.9 cm³/mol. The monoisotopic (exact) mass is 322 g/mol. The first kappa shape index (κ1) is 15.4. The van der Waals surface area contributed by atoms with Crippen LogP contribution < -0.4 is 10.6 Å². The number of nitrogens with one attached hydrogen (secondary N) is 2. The van der Waals surface area contributed by atoms with Gasteiger partial charge in [0.2, 0.25) is 0 Å². The molecule has 2 aromatic carbocycles. The van der Waals surface area contributed by atoms with Gasteiger partial charge in [0.15, 0.2) is 0 Å². The fraction of sp³-hybridized carbons (Fsp3) is 0.0667. The molecule has 0 atom stereocenters.